The molecule has 0 atom stereocenters. The Morgan fingerprint density at radius 2 is 1.81 bits per heavy atom. The van der Waals surface area contributed by atoms with Crippen LogP contribution in [0.5, 0.6) is 0 Å². The Morgan fingerprint density at radius 1 is 1.12 bits per heavy atom. The summed E-state index contributed by atoms with van der Waals surface area (Å²) >= 11 is 5.82. The van der Waals surface area contributed by atoms with E-state index in [-0.39, 0.29) is 22.0 Å². The van der Waals surface area contributed by atoms with Gasteiger partial charge in [0.2, 0.25) is 5.91 Å². The number of nitrogens with one attached hydrogen (secondary N) is 1. The second-order valence-electron chi connectivity index (χ2n) is 5.48. The first-order valence-electron chi connectivity index (χ1n) is 7.30. The monoisotopic (exact) mass is 382 g/mol. The number of amides is 2. The van der Waals surface area contributed by atoms with Crippen molar-refractivity contribution in [3.05, 3.63) is 58.6 Å². The molecular formula is C17H10ClF3N2O3. The maximum Gasteiger partial charge on any atom is 0.416 e. The maximum atomic E-state index is 12.8. The summed E-state index contributed by atoms with van der Waals surface area (Å²) < 4.78 is 38.3. The Kier molecular flexibility index (Phi) is 4.45. The summed E-state index contributed by atoms with van der Waals surface area (Å²) in [5.41, 5.74) is -0.775. The van der Waals surface area contributed by atoms with Crippen LogP contribution in [0.4, 0.5) is 24.5 Å². The molecule has 0 saturated heterocycles. The summed E-state index contributed by atoms with van der Waals surface area (Å²) in [7, 11) is 0. The molecule has 1 N–H and O–H groups in total. The van der Waals surface area contributed by atoms with Crippen LogP contribution in [0.15, 0.2) is 42.5 Å². The lowest BCUT2D eigenvalue weighted by atomic mass is 10.1. The van der Waals surface area contributed by atoms with Crippen molar-refractivity contribution in [3.63, 3.8) is 0 Å². The molecule has 0 saturated carbocycles. The molecule has 2 aromatic carbocycles. The van der Waals surface area contributed by atoms with Crippen molar-refractivity contribution in [1.82, 2.24) is 0 Å². The standard InChI is InChI=1S/C17H10ClF3N2O3/c18-11-6-5-9(17(19,20)21)7-12(11)22-14(24)8-23-13-4-2-1-3-10(13)15(25)16(23)26/h1-7H,8H2,(H,22,24). The number of alkyl halides is 3. The number of halogens is 4. The molecule has 0 fully saturated rings. The van der Waals surface area contributed by atoms with E-state index in [2.05, 4.69) is 5.32 Å². The number of hydrogen-bond donors (Lipinski definition) is 1. The van der Waals surface area contributed by atoms with E-state index in [9.17, 15) is 27.6 Å². The third kappa shape index (κ3) is 3.28. The highest BCUT2D eigenvalue weighted by molar-refractivity contribution is 6.52. The topological polar surface area (TPSA) is 66.5 Å². The lowest BCUT2D eigenvalue weighted by molar-refractivity contribution is -0.137. The van der Waals surface area contributed by atoms with Gasteiger partial charge in [-0.1, -0.05) is 23.7 Å². The third-order valence-corrected chi connectivity index (χ3v) is 4.08. The van der Waals surface area contributed by atoms with Crippen LogP contribution in [0, 0.1) is 0 Å². The van der Waals surface area contributed by atoms with Crippen LogP contribution >= 0.6 is 11.6 Å². The second-order valence-corrected chi connectivity index (χ2v) is 5.89. The molecule has 0 aliphatic carbocycles. The number of para-hydroxylation sites is 1. The minimum atomic E-state index is -4.60. The van der Waals surface area contributed by atoms with Crippen LogP contribution in [-0.2, 0) is 15.8 Å². The van der Waals surface area contributed by atoms with E-state index < -0.39 is 35.9 Å². The maximum absolute atomic E-state index is 12.8. The average Bonchev–Trinajstić information content (AvgIpc) is 2.81. The first-order valence-corrected chi connectivity index (χ1v) is 7.68. The highest BCUT2D eigenvalue weighted by atomic mass is 35.5. The number of benzene rings is 2. The van der Waals surface area contributed by atoms with Gasteiger partial charge in [0.15, 0.2) is 0 Å². The van der Waals surface area contributed by atoms with Crippen molar-refractivity contribution in [2.75, 3.05) is 16.8 Å². The normalized spacial score (nSPS) is 13.8. The fourth-order valence-electron chi connectivity index (χ4n) is 2.54. The fourth-order valence-corrected chi connectivity index (χ4v) is 2.70. The van der Waals surface area contributed by atoms with Crippen LogP contribution in [0.1, 0.15) is 15.9 Å². The van der Waals surface area contributed by atoms with Gasteiger partial charge in [0.1, 0.15) is 6.54 Å². The summed E-state index contributed by atoms with van der Waals surface area (Å²) in [5.74, 6) is -2.41. The van der Waals surface area contributed by atoms with Gasteiger partial charge in [-0.15, -0.1) is 0 Å². The zero-order valence-corrected chi connectivity index (χ0v) is 13.7. The van der Waals surface area contributed by atoms with Gasteiger partial charge in [-0.25, -0.2) is 0 Å². The summed E-state index contributed by atoms with van der Waals surface area (Å²) in [4.78, 5) is 37.1. The molecule has 26 heavy (non-hydrogen) atoms. The van der Waals surface area contributed by atoms with Crippen molar-refractivity contribution in [2.24, 2.45) is 0 Å². The first kappa shape index (κ1) is 17.9. The molecule has 1 aliphatic heterocycles. The molecule has 0 bridgehead atoms. The highest BCUT2D eigenvalue weighted by Crippen LogP contribution is 2.34. The zero-order chi connectivity index (χ0) is 19.1. The smallest absolute Gasteiger partial charge is 0.323 e. The molecule has 0 radical (unpaired) electrons. The predicted octanol–water partition coefficient (Wildman–Crippen LogP) is 3.53. The quantitative estimate of drug-likeness (QED) is 0.826. The van der Waals surface area contributed by atoms with Crippen molar-refractivity contribution < 1.29 is 27.6 Å². The molecule has 2 amide bonds. The van der Waals surface area contributed by atoms with Crippen LogP contribution in [0.25, 0.3) is 0 Å². The second kappa shape index (κ2) is 6.45. The van der Waals surface area contributed by atoms with E-state index >= 15 is 0 Å². The van der Waals surface area contributed by atoms with E-state index in [1.165, 1.54) is 12.1 Å². The van der Waals surface area contributed by atoms with Crippen LogP contribution in [-0.4, -0.2) is 24.1 Å². The van der Waals surface area contributed by atoms with Gasteiger partial charge < -0.3 is 5.32 Å². The molecule has 0 aromatic heterocycles. The number of fused-ring (bicyclic) bond motifs is 1. The van der Waals surface area contributed by atoms with Gasteiger partial charge in [-0.05, 0) is 30.3 Å². The Morgan fingerprint density at radius 3 is 2.50 bits per heavy atom. The number of Topliss-reactive ketones (excluding diaryl/α,β-unsaturated/α-hetero) is 1. The molecule has 0 spiro atoms. The molecule has 0 unspecified atom stereocenters. The Hall–Kier alpha value is -2.87. The lowest BCUT2D eigenvalue weighted by Gasteiger charge is -2.17. The van der Waals surface area contributed by atoms with Crippen molar-refractivity contribution >= 4 is 40.6 Å². The van der Waals surface area contributed by atoms with Crippen LogP contribution in [0.3, 0.4) is 0 Å². The number of ketones is 1. The molecule has 5 nitrogen and oxygen atoms in total. The zero-order valence-electron chi connectivity index (χ0n) is 12.9. The van der Waals surface area contributed by atoms with Gasteiger partial charge in [0, 0.05) is 0 Å². The number of nitrogens with zero attached hydrogens (tertiary/aromatic N) is 1. The van der Waals surface area contributed by atoms with E-state index in [0.29, 0.717) is 6.07 Å². The summed E-state index contributed by atoms with van der Waals surface area (Å²) in [6.45, 7) is -0.534. The Balaban J connectivity index is 1.80. The minimum absolute atomic E-state index is 0.0874. The number of carbonyl (C=O) groups excluding carboxylic acids is 3. The number of hydrogen-bond acceptors (Lipinski definition) is 3. The summed E-state index contributed by atoms with van der Waals surface area (Å²) in [6, 6.07) is 8.64. The van der Waals surface area contributed by atoms with Crippen molar-refractivity contribution in [3.8, 4) is 0 Å². The Bertz CT molecular complexity index is 928. The first-order chi connectivity index (χ1) is 12.2. The minimum Gasteiger partial charge on any atom is -0.323 e. The number of carbonyl (C=O) groups is 3. The van der Waals surface area contributed by atoms with Crippen molar-refractivity contribution in [1.29, 1.82) is 0 Å². The van der Waals surface area contributed by atoms with Gasteiger partial charge in [-0.2, -0.15) is 13.2 Å². The third-order valence-electron chi connectivity index (χ3n) is 3.75. The largest absolute Gasteiger partial charge is 0.416 e. The van der Waals surface area contributed by atoms with Crippen molar-refractivity contribution in [2.45, 2.75) is 6.18 Å². The summed E-state index contributed by atoms with van der Waals surface area (Å²) in [5, 5.41) is 2.15. The van der Waals surface area contributed by atoms with E-state index in [1.807, 2.05) is 0 Å². The number of rotatable bonds is 3. The predicted molar refractivity (Wildman–Crippen MR) is 88.2 cm³/mol. The molecule has 3 rings (SSSR count). The van der Waals surface area contributed by atoms with Gasteiger partial charge in [0.25, 0.3) is 11.7 Å². The molecule has 2 aromatic rings. The summed E-state index contributed by atoms with van der Waals surface area (Å²) in [6.07, 6.45) is -4.60. The van der Waals surface area contributed by atoms with E-state index in [0.717, 1.165) is 17.0 Å². The number of anilines is 2. The highest BCUT2D eigenvalue weighted by Gasteiger charge is 2.36. The van der Waals surface area contributed by atoms with Crippen LogP contribution in [0.2, 0.25) is 5.02 Å². The van der Waals surface area contributed by atoms with Crippen LogP contribution < -0.4 is 10.2 Å². The molecule has 1 heterocycles. The Labute approximate surface area is 150 Å². The van der Waals surface area contributed by atoms with Gasteiger partial charge in [-0.3, -0.25) is 19.3 Å². The van der Waals surface area contributed by atoms with E-state index in [1.54, 1.807) is 12.1 Å². The van der Waals surface area contributed by atoms with Gasteiger partial charge in [0.05, 0.1) is 27.5 Å². The van der Waals surface area contributed by atoms with Gasteiger partial charge >= 0.3 is 6.18 Å². The lowest BCUT2D eigenvalue weighted by Crippen LogP contribution is -2.37. The molecule has 1 aliphatic rings. The SMILES string of the molecule is O=C(CN1C(=O)C(=O)c2ccccc21)Nc1cc(C(F)(F)F)ccc1Cl. The van der Waals surface area contributed by atoms with E-state index in [4.69, 9.17) is 11.6 Å². The molecule has 9 heteroatoms. The molecular weight excluding hydrogens is 373 g/mol. The molecule has 134 valence electrons. The fraction of sp³-hybridized carbons (Fsp3) is 0.118. The average molecular weight is 383 g/mol.